The van der Waals surface area contributed by atoms with Gasteiger partial charge in [0.1, 0.15) is 5.76 Å². The molecule has 0 aromatic carbocycles. The fraction of sp³-hybridized carbons (Fsp3) is 0.200. The average molecular weight is 144 g/mol. The molecule has 2 heterocycles. The maximum Gasteiger partial charge on any atom is 0.156 e. The van der Waals surface area contributed by atoms with Gasteiger partial charge in [0.05, 0.1) is 0 Å². The first-order valence-corrected chi connectivity index (χ1v) is 3.85. The lowest BCUT2D eigenvalue weighted by atomic mass is 9.83. The lowest BCUT2D eigenvalue weighted by Gasteiger charge is -2.26. The molecule has 0 saturated heterocycles. The number of allylic oxidation sites excluding steroid dienone is 3. The van der Waals surface area contributed by atoms with Crippen LogP contribution in [0.1, 0.15) is 0 Å². The van der Waals surface area contributed by atoms with Crippen LogP contribution >= 0.6 is 0 Å². The predicted octanol–water partition coefficient (Wildman–Crippen LogP) is 1.95. The maximum atomic E-state index is 5.68. The van der Waals surface area contributed by atoms with Gasteiger partial charge in [0.25, 0.3) is 0 Å². The highest BCUT2D eigenvalue weighted by Crippen LogP contribution is 2.44. The van der Waals surface area contributed by atoms with E-state index in [0.29, 0.717) is 5.92 Å². The zero-order valence-corrected chi connectivity index (χ0v) is 6.03. The molecule has 0 radical (unpaired) electrons. The highest BCUT2D eigenvalue weighted by molar-refractivity contribution is 5.44. The van der Waals surface area contributed by atoms with Crippen LogP contribution in [0.2, 0.25) is 0 Å². The number of ether oxygens (including phenoxy) is 1. The van der Waals surface area contributed by atoms with E-state index in [1.807, 2.05) is 12.2 Å². The minimum atomic E-state index is -0.135. The van der Waals surface area contributed by atoms with Gasteiger partial charge in [-0.05, 0) is 24.3 Å². The summed E-state index contributed by atoms with van der Waals surface area (Å²) in [6, 6.07) is 0. The van der Waals surface area contributed by atoms with Crippen LogP contribution in [0.25, 0.3) is 0 Å². The molecule has 0 aromatic heterocycles. The van der Waals surface area contributed by atoms with Gasteiger partial charge >= 0.3 is 0 Å². The Kier molecular flexibility index (Phi) is 0.738. The van der Waals surface area contributed by atoms with E-state index >= 15 is 0 Å². The van der Waals surface area contributed by atoms with Gasteiger partial charge in [0.2, 0.25) is 0 Å². The van der Waals surface area contributed by atoms with Crippen LogP contribution in [0.5, 0.6) is 0 Å². The first-order chi connectivity index (χ1) is 5.39. The van der Waals surface area contributed by atoms with Crippen molar-refractivity contribution in [3.8, 4) is 0 Å². The van der Waals surface area contributed by atoms with Gasteiger partial charge in [0.15, 0.2) is 5.60 Å². The summed E-state index contributed by atoms with van der Waals surface area (Å²) >= 11 is 0. The summed E-state index contributed by atoms with van der Waals surface area (Å²) in [5.74, 6) is 1.46. The third-order valence-electron chi connectivity index (χ3n) is 2.45. The second kappa shape index (κ2) is 1.50. The molecule has 54 valence electrons. The molecule has 2 aliphatic heterocycles. The molecule has 0 fully saturated rings. The van der Waals surface area contributed by atoms with Crippen LogP contribution in [0.4, 0.5) is 0 Å². The van der Waals surface area contributed by atoms with Gasteiger partial charge in [-0.2, -0.15) is 0 Å². The monoisotopic (exact) mass is 144 g/mol. The number of fused-ring (bicyclic) bond motifs is 1. The van der Waals surface area contributed by atoms with Crippen LogP contribution < -0.4 is 0 Å². The molecule has 1 aliphatic carbocycles. The Labute approximate surface area is 65.4 Å². The molecular weight excluding hydrogens is 136 g/mol. The van der Waals surface area contributed by atoms with Crippen molar-refractivity contribution in [3.63, 3.8) is 0 Å². The van der Waals surface area contributed by atoms with Crippen LogP contribution in [0.3, 0.4) is 0 Å². The summed E-state index contributed by atoms with van der Waals surface area (Å²) in [6.45, 7) is 0. The quantitative estimate of drug-likeness (QED) is 0.505. The third kappa shape index (κ3) is 0.519. The van der Waals surface area contributed by atoms with Crippen molar-refractivity contribution in [1.29, 1.82) is 0 Å². The molecule has 1 nitrogen and oxygen atoms in total. The van der Waals surface area contributed by atoms with E-state index in [-0.39, 0.29) is 5.60 Å². The summed E-state index contributed by atoms with van der Waals surface area (Å²) < 4.78 is 5.68. The van der Waals surface area contributed by atoms with Crippen molar-refractivity contribution in [2.75, 3.05) is 0 Å². The SMILES string of the molecule is C1=CC2C=C3C=CC2(C=C1)O3. The van der Waals surface area contributed by atoms with E-state index in [2.05, 4.69) is 30.4 Å². The Bertz CT molecular complexity index is 320. The molecule has 3 aliphatic rings. The Balaban J connectivity index is 2.19. The van der Waals surface area contributed by atoms with Crippen molar-refractivity contribution >= 4 is 0 Å². The highest BCUT2D eigenvalue weighted by atomic mass is 16.5. The molecule has 0 saturated carbocycles. The topological polar surface area (TPSA) is 9.23 Å². The summed E-state index contributed by atoms with van der Waals surface area (Å²) in [5.41, 5.74) is -0.135. The smallest absolute Gasteiger partial charge is 0.156 e. The highest BCUT2D eigenvalue weighted by Gasteiger charge is 2.43. The van der Waals surface area contributed by atoms with Crippen molar-refractivity contribution in [3.05, 3.63) is 48.3 Å². The summed E-state index contributed by atoms with van der Waals surface area (Å²) in [4.78, 5) is 0. The van der Waals surface area contributed by atoms with Crippen LogP contribution in [0, 0.1) is 5.92 Å². The molecule has 3 rings (SSSR count). The second-order valence-electron chi connectivity index (χ2n) is 3.13. The fourth-order valence-electron chi connectivity index (χ4n) is 1.86. The summed E-state index contributed by atoms with van der Waals surface area (Å²) in [5, 5.41) is 0. The van der Waals surface area contributed by atoms with Crippen LogP contribution in [-0.2, 0) is 4.74 Å². The van der Waals surface area contributed by atoms with Gasteiger partial charge in [-0.25, -0.2) is 0 Å². The van der Waals surface area contributed by atoms with Gasteiger partial charge in [-0.3, -0.25) is 0 Å². The van der Waals surface area contributed by atoms with E-state index in [0.717, 1.165) is 5.76 Å². The van der Waals surface area contributed by atoms with Crippen molar-refractivity contribution in [1.82, 2.24) is 0 Å². The summed E-state index contributed by atoms with van der Waals surface area (Å²) in [7, 11) is 0. The lowest BCUT2D eigenvalue weighted by Crippen LogP contribution is -2.29. The number of rotatable bonds is 0. The van der Waals surface area contributed by atoms with Crippen molar-refractivity contribution < 1.29 is 4.74 Å². The fourth-order valence-corrected chi connectivity index (χ4v) is 1.86. The van der Waals surface area contributed by atoms with E-state index in [1.54, 1.807) is 0 Å². The second-order valence-corrected chi connectivity index (χ2v) is 3.13. The number of hydrogen-bond donors (Lipinski definition) is 0. The first kappa shape index (κ1) is 5.42. The van der Waals surface area contributed by atoms with Gasteiger partial charge in [-0.1, -0.05) is 18.2 Å². The molecule has 2 bridgehead atoms. The van der Waals surface area contributed by atoms with Gasteiger partial charge in [0, 0.05) is 5.92 Å². The van der Waals surface area contributed by atoms with Crippen LogP contribution in [-0.4, -0.2) is 5.60 Å². The molecule has 1 heteroatoms. The normalized spacial score (nSPS) is 42.2. The van der Waals surface area contributed by atoms with Gasteiger partial charge < -0.3 is 4.74 Å². The van der Waals surface area contributed by atoms with E-state index in [1.165, 1.54) is 0 Å². The van der Waals surface area contributed by atoms with Crippen LogP contribution in [0.15, 0.2) is 48.3 Å². The Morgan fingerprint density at radius 3 is 3.09 bits per heavy atom. The molecule has 0 amide bonds. The van der Waals surface area contributed by atoms with E-state index in [9.17, 15) is 0 Å². The largest absolute Gasteiger partial charge is 0.478 e. The maximum absolute atomic E-state index is 5.68. The summed E-state index contributed by atoms with van der Waals surface area (Å²) in [6.07, 6.45) is 14.8. The average Bonchev–Trinajstić information content (AvgIpc) is 2.57. The Morgan fingerprint density at radius 1 is 1.27 bits per heavy atom. The molecule has 1 spiro atoms. The van der Waals surface area contributed by atoms with E-state index in [4.69, 9.17) is 4.74 Å². The zero-order chi connectivity index (χ0) is 7.31. The Hall–Kier alpha value is -1.24. The molecule has 0 aromatic rings. The van der Waals surface area contributed by atoms with Crippen molar-refractivity contribution in [2.45, 2.75) is 5.60 Å². The first-order valence-electron chi connectivity index (χ1n) is 3.85. The molecular formula is C10H8O. The number of hydrogen-bond acceptors (Lipinski definition) is 1. The van der Waals surface area contributed by atoms with E-state index < -0.39 is 0 Å². The minimum absolute atomic E-state index is 0.135. The predicted molar refractivity (Wildman–Crippen MR) is 42.8 cm³/mol. The minimum Gasteiger partial charge on any atom is -0.478 e. The molecule has 11 heavy (non-hydrogen) atoms. The zero-order valence-electron chi connectivity index (χ0n) is 6.03. The van der Waals surface area contributed by atoms with Crippen molar-refractivity contribution in [2.24, 2.45) is 5.92 Å². The Morgan fingerprint density at radius 2 is 2.27 bits per heavy atom. The molecule has 2 atom stereocenters. The van der Waals surface area contributed by atoms with Gasteiger partial charge in [-0.15, -0.1) is 0 Å². The molecule has 2 unspecified atom stereocenters. The lowest BCUT2D eigenvalue weighted by molar-refractivity contribution is 0.116. The standard InChI is InChI=1S/C10H8O/c1-2-5-10-6-4-9(11-10)7-8(10)3-1/h1-8H. The third-order valence-corrected chi connectivity index (χ3v) is 2.45. The molecule has 0 N–H and O–H groups in total.